The predicted octanol–water partition coefficient (Wildman–Crippen LogP) is 5.42. The van der Waals surface area contributed by atoms with E-state index < -0.39 is 16.3 Å². The van der Waals surface area contributed by atoms with Gasteiger partial charge in [-0.1, -0.05) is 35.9 Å². The maximum Gasteiger partial charge on any atom is 0.311 e. The maximum absolute atomic E-state index is 11.9. The summed E-state index contributed by atoms with van der Waals surface area (Å²) in [7, 11) is 0. The Balaban J connectivity index is 1.80. The number of nitrogens with zero attached hydrogens (tertiary/aromatic N) is 4. The molecule has 35 heavy (non-hydrogen) atoms. The number of rotatable bonds is 5. The van der Waals surface area contributed by atoms with Gasteiger partial charge in [-0.15, -0.1) is 0 Å². The van der Waals surface area contributed by atoms with Crippen LogP contribution >= 0.6 is 11.6 Å². The lowest BCUT2D eigenvalue weighted by Gasteiger charge is -2.43. The van der Waals surface area contributed by atoms with Gasteiger partial charge >= 0.3 is 5.69 Å². The van der Waals surface area contributed by atoms with Crippen LogP contribution in [0.3, 0.4) is 0 Å². The van der Waals surface area contributed by atoms with Crippen LogP contribution in [0.4, 0.5) is 5.69 Å². The minimum Gasteiger partial charge on any atom is -0.482 e. The molecule has 8 nitrogen and oxygen atoms in total. The highest BCUT2D eigenvalue weighted by atomic mass is 35.5. The summed E-state index contributed by atoms with van der Waals surface area (Å²) in [5, 5.41) is 42.5. The molecule has 0 heterocycles. The molecular weight excluding hydrogens is 466 g/mol. The van der Waals surface area contributed by atoms with Crippen LogP contribution in [0.25, 0.3) is 0 Å². The summed E-state index contributed by atoms with van der Waals surface area (Å²) in [5.74, 6) is -1.06. The van der Waals surface area contributed by atoms with Crippen LogP contribution in [-0.4, -0.2) is 4.92 Å². The summed E-state index contributed by atoms with van der Waals surface area (Å²) in [6.45, 7) is 0.0951. The molecule has 9 heteroatoms. The molecular formula is C26H20ClN5O3. The summed E-state index contributed by atoms with van der Waals surface area (Å²) >= 11 is 5.90. The molecule has 2 aromatic rings. The molecule has 0 amide bonds. The first-order valence-electron chi connectivity index (χ1n) is 10.9. The smallest absolute Gasteiger partial charge is 0.311 e. The van der Waals surface area contributed by atoms with Crippen LogP contribution < -0.4 is 10.5 Å². The third kappa shape index (κ3) is 4.08. The Morgan fingerprint density at radius 3 is 2.51 bits per heavy atom. The second kappa shape index (κ2) is 9.50. The quantitative estimate of drug-likeness (QED) is 0.438. The highest BCUT2D eigenvalue weighted by Gasteiger charge is 2.54. The average Bonchev–Trinajstić information content (AvgIpc) is 2.88. The predicted molar refractivity (Wildman–Crippen MR) is 128 cm³/mol. The van der Waals surface area contributed by atoms with E-state index >= 15 is 0 Å². The molecule has 2 N–H and O–H groups in total. The Kier molecular flexibility index (Phi) is 6.47. The van der Waals surface area contributed by atoms with E-state index in [1.54, 1.807) is 30.3 Å². The molecule has 0 bridgehead atoms. The van der Waals surface area contributed by atoms with Crippen molar-refractivity contribution in [2.24, 2.45) is 17.1 Å². The largest absolute Gasteiger partial charge is 0.482 e. The normalized spacial score (nSPS) is 20.5. The molecule has 2 aromatic carbocycles. The highest BCUT2D eigenvalue weighted by Crippen LogP contribution is 2.56. The van der Waals surface area contributed by atoms with Gasteiger partial charge in [0.15, 0.2) is 11.2 Å². The number of allylic oxidation sites excluding steroid dienone is 4. The topological polar surface area (TPSA) is 150 Å². The number of ether oxygens (including phenoxy) is 1. The van der Waals surface area contributed by atoms with Crippen molar-refractivity contribution in [1.82, 2.24) is 0 Å². The van der Waals surface area contributed by atoms with Gasteiger partial charge in [0.1, 0.15) is 12.7 Å². The summed E-state index contributed by atoms with van der Waals surface area (Å²) in [6.07, 6.45) is 4.10. The van der Waals surface area contributed by atoms with Crippen molar-refractivity contribution in [1.29, 1.82) is 15.8 Å². The number of benzene rings is 2. The zero-order valence-corrected chi connectivity index (χ0v) is 19.3. The van der Waals surface area contributed by atoms with Gasteiger partial charge in [0, 0.05) is 17.0 Å². The first kappa shape index (κ1) is 23.8. The Labute approximate surface area is 207 Å². The molecule has 2 aliphatic carbocycles. The lowest BCUT2D eigenvalue weighted by molar-refractivity contribution is -0.386. The van der Waals surface area contributed by atoms with Crippen molar-refractivity contribution < 1.29 is 9.66 Å². The second-order valence-corrected chi connectivity index (χ2v) is 8.94. The van der Waals surface area contributed by atoms with E-state index in [4.69, 9.17) is 22.1 Å². The molecule has 2 atom stereocenters. The first-order chi connectivity index (χ1) is 16.9. The standard InChI is InChI=1S/C26H20ClN5O3/c27-18-8-5-16(6-9-18)13-35-23-10-7-17(11-22(23)32(33)34)24-20-4-2-1-3-19(20)21(12-28)25(31)26(24,14-29)15-30/h3,5-11,20,24H,1-2,4,13,31H2/t20-,24-/m0/s1. The lowest BCUT2D eigenvalue weighted by Crippen LogP contribution is -2.42. The molecule has 0 unspecified atom stereocenters. The molecule has 0 spiro atoms. The fourth-order valence-electron chi connectivity index (χ4n) is 4.98. The van der Waals surface area contributed by atoms with Gasteiger partial charge in [0.25, 0.3) is 0 Å². The third-order valence-electron chi connectivity index (χ3n) is 6.65. The number of fused-ring (bicyclic) bond motifs is 1. The Bertz CT molecular complexity index is 1360. The molecule has 0 saturated heterocycles. The van der Waals surface area contributed by atoms with Gasteiger partial charge in [-0.25, -0.2) is 0 Å². The minimum absolute atomic E-state index is 0.0599. The molecule has 0 aliphatic heterocycles. The van der Waals surface area contributed by atoms with Gasteiger partial charge in [-0.05, 0) is 60.1 Å². The van der Waals surface area contributed by atoms with Crippen LogP contribution in [-0.2, 0) is 6.61 Å². The van der Waals surface area contributed by atoms with Crippen molar-refractivity contribution in [3.05, 3.63) is 91.6 Å². The number of nitro groups is 1. The van der Waals surface area contributed by atoms with Gasteiger partial charge in [-0.2, -0.15) is 15.8 Å². The number of nitro benzene ring substituents is 1. The summed E-state index contributed by atoms with van der Waals surface area (Å²) in [5.41, 5.74) is 6.13. The molecule has 0 saturated carbocycles. The van der Waals surface area contributed by atoms with E-state index in [-0.39, 0.29) is 35.2 Å². The lowest BCUT2D eigenvalue weighted by atomic mass is 9.56. The second-order valence-electron chi connectivity index (χ2n) is 8.51. The highest BCUT2D eigenvalue weighted by molar-refractivity contribution is 6.30. The van der Waals surface area contributed by atoms with E-state index in [1.807, 2.05) is 18.2 Å². The molecule has 0 fully saturated rings. The SMILES string of the molecule is N#CC1=C(N)C(C#N)(C#N)[C@@H](c2ccc(OCc3ccc(Cl)cc3)c([N+](=O)[O-])c2)[C@H]2CCCC=C12. The van der Waals surface area contributed by atoms with E-state index in [0.717, 1.165) is 18.4 Å². The zero-order valence-electron chi connectivity index (χ0n) is 18.6. The minimum atomic E-state index is -1.83. The van der Waals surface area contributed by atoms with Crippen molar-refractivity contribution in [3.8, 4) is 24.0 Å². The van der Waals surface area contributed by atoms with Crippen LogP contribution in [0.1, 0.15) is 36.3 Å². The summed E-state index contributed by atoms with van der Waals surface area (Å²) in [4.78, 5) is 11.4. The summed E-state index contributed by atoms with van der Waals surface area (Å²) in [6, 6.07) is 17.5. The third-order valence-corrected chi connectivity index (χ3v) is 6.90. The average molecular weight is 486 g/mol. The maximum atomic E-state index is 11.9. The number of hydrogen-bond acceptors (Lipinski definition) is 7. The van der Waals surface area contributed by atoms with Crippen LogP contribution in [0.2, 0.25) is 5.02 Å². The zero-order chi connectivity index (χ0) is 25.2. The van der Waals surface area contributed by atoms with Crippen molar-refractivity contribution in [2.75, 3.05) is 0 Å². The summed E-state index contributed by atoms with van der Waals surface area (Å²) < 4.78 is 5.73. The van der Waals surface area contributed by atoms with Gasteiger partial charge in [0.2, 0.25) is 0 Å². The van der Waals surface area contributed by atoms with Gasteiger partial charge < -0.3 is 10.5 Å². The van der Waals surface area contributed by atoms with Gasteiger partial charge in [-0.3, -0.25) is 10.1 Å². The van der Waals surface area contributed by atoms with Crippen molar-refractivity contribution in [2.45, 2.75) is 31.8 Å². The van der Waals surface area contributed by atoms with E-state index in [0.29, 0.717) is 22.6 Å². The van der Waals surface area contributed by atoms with E-state index in [2.05, 4.69) is 6.07 Å². The van der Waals surface area contributed by atoms with Crippen LogP contribution in [0.5, 0.6) is 5.75 Å². The fourth-order valence-corrected chi connectivity index (χ4v) is 5.11. The van der Waals surface area contributed by atoms with Crippen molar-refractivity contribution >= 4 is 17.3 Å². The van der Waals surface area contributed by atoms with Gasteiger partial charge in [0.05, 0.1) is 28.3 Å². The van der Waals surface area contributed by atoms with Crippen LogP contribution in [0, 0.1) is 55.4 Å². The Morgan fingerprint density at radius 1 is 1.17 bits per heavy atom. The molecule has 4 rings (SSSR count). The van der Waals surface area contributed by atoms with Crippen LogP contribution in [0.15, 0.2) is 65.4 Å². The number of nitrogens with two attached hydrogens (primary N) is 1. The molecule has 0 aromatic heterocycles. The number of hydrogen-bond donors (Lipinski definition) is 1. The van der Waals surface area contributed by atoms with E-state index in [1.165, 1.54) is 12.1 Å². The first-order valence-corrected chi connectivity index (χ1v) is 11.3. The molecule has 2 aliphatic rings. The van der Waals surface area contributed by atoms with Crippen molar-refractivity contribution in [3.63, 3.8) is 0 Å². The Morgan fingerprint density at radius 2 is 1.89 bits per heavy atom. The number of halogens is 1. The Hall–Kier alpha value is -4.32. The van der Waals surface area contributed by atoms with E-state index in [9.17, 15) is 25.9 Å². The molecule has 0 radical (unpaired) electrons. The number of nitriles is 3. The molecule has 174 valence electrons. The fraction of sp³-hybridized carbons (Fsp3) is 0.269. The monoisotopic (exact) mass is 485 g/mol.